The fourth-order valence-corrected chi connectivity index (χ4v) is 2.92. The molecule has 0 spiro atoms. The molecule has 1 atom stereocenters. The Kier molecular flexibility index (Phi) is 5.22. The number of aliphatic hydroxyl groups excluding tert-OH is 1. The lowest BCUT2D eigenvalue weighted by Crippen LogP contribution is -2.53. The summed E-state index contributed by atoms with van der Waals surface area (Å²) in [6.07, 6.45) is 7.59. The van der Waals surface area contributed by atoms with Crippen molar-refractivity contribution in [2.24, 2.45) is 5.92 Å². The highest BCUT2D eigenvalue weighted by Gasteiger charge is 2.34. The highest BCUT2D eigenvalue weighted by atomic mass is 16.3. The van der Waals surface area contributed by atoms with Crippen molar-refractivity contribution in [1.82, 2.24) is 20.2 Å². The van der Waals surface area contributed by atoms with Crippen molar-refractivity contribution in [3.05, 3.63) is 18.2 Å². The molecule has 2 rings (SSSR count). The zero-order valence-electron chi connectivity index (χ0n) is 12.9. The zero-order chi connectivity index (χ0) is 15.3. The Balaban J connectivity index is 1.74. The number of carbonyl (C=O) groups is 1. The van der Waals surface area contributed by atoms with Crippen LogP contribution in [0.3, 0.4) is 0 Å². The topological polar surface area (TPSA) is 79.2 Å². The second-order valence-corrected chi connectivity index (χ2v) is 6.21. The number of hydrogen-bond acceptors (Lipinski definition) is 3. The summed E-state index contributed by atoms with van der Waals surface area (Å²) in [5, 5.41) is 15.3. The molecule has 1 fully saturated rings. The fourth-order valence-electron chi connectivity index (χ4n) is 2.92. The molecule has 0 radical (unpaired) electrons. The van der Waals surface area contributed by atoms with Gasteiger partial charge in [0.25, 0.3) is 0 Å². The van der Waals surface area contributed by atoms with Gasteiger partial charge in [-0.15, -0.1) is 0 Å². The number of hydrogen-bond donors (Lipinski definition) is 3. The number of amides is 2. The Morgan fingerprint density at radius 3 is 2.81 bits per heavy atom. The monoisotopic (exact) mass is 294 g/mol. The summed E-state index contributed by atoms with van der Waals surface area (Å²) < 4.78 is 2.08. The van der Waals surface area contributed by atoms with Crippen LogP contribution in [0, 0.1) is 12.8 Å². The largest absolute Gasteiger partial charge is 0.394 e. The molecule has 118 valence electrons. The molecule has 1 heterocycles. The molecule has 1 saturated carbocycles. The second kappa shape index (κ2) is 6.93. The van der Waals surface area contributed by atoms with Gasteiger partial charge in [0, 0.05) is 25.5 Å². The van der Waals surface area contributed by atoms with E-state index in [2.05, 4.69) is 27.1 Å². The Morgan fingerprint density at radius 1 is 1.52 bits per heavy atom. The molecule has 1 aromatic rings. The van der Waals surface area contributed by atoms with Gasteiger partial charge in [-0.25, -0.2) is 9.78 Å². The standard InChI is InChI=1S/C15H26N4O2/c1-12(10-19-8-7-16-13(19)2)9-17-14(21)18-15(11-20)5-3-4-6-15/h7-8,12,20H,3-6,9-11H2,1-2H3,(H2,17,18,21). The van der Waals surface area contributed by atoms with Gasteiger partial charge in [0.1, 0.15) is 5.82 Å². The summed E-state index contributed by atoms with van der Waals surface area (Å²) in [5.74, 6) is 1.30. The van der Waals surface area contributed by atoms with E-state index in [9.17, 15) is 9.90 Å². The van der Waals surface area contributed by atoms with Gasteiger partial charge in [-0.2, -0.15) is 0 Å². The van der Waals surface area contributed by atoms with Gasteiger partial charge in [0.05, 0.1) is 12.1 Å². The van der Waals surface area contributed by atoms with E-state index in [1.807, 2.05) is 13.1 Å². The van der Waals surface area contributed by atoms with E-state index in [1.165, 1.54) is 0 Å². The van der Waals surface area contributed by atoms with Crippen molar-refractivity contribution in [2.75, 3.05) is 13.2 Å². The van der Waals surface area contributed by atoms with Gasteiger partial charge in [0.2, 0.25) is 0 Å². The summed E-state index contributed by atoms with van der Waals surface area (Å²) in [6, 6.07) is -0.180. The Morgan fingerprint density at radius 2 is 2.24 bits per heavy atom. The van der Waals surface area contributed by atoms with Gasteiger partial charge in [-0.1, -0.05) is 19.8 Å². The molecule has 6 heteroatoms. The molecule has 0 bridgehead atoms. The van der Waals surface area contributed by atoms with Crippen molar-refractivity contribution in [3.63, 3.8) is 0 Å². The van der Waals surface area contributed by atoms with E-state index in [0.717, 1.165) is 38.1 Å². The lowest BCUT2D eigenvalue weighted by Gasteiger charge is -2.28. The van der Waals surface area contributed by atoms with Crippen LogP contribution in [-0.2, 0) is 6.54 Å². The molecule has 2 amide bonds. The van der Waals surface area contributed by atoms with Crippen molar-refractivity contribution >= 4 is 6.03 Å². The number of imidazole rings is 1. The van der Waals surface area contributed by atoms with E-state index in [-0.39, 0.29) is 12.6 Å². The molecular weight excluding hydrogens is 268 g/mol. The van der Waals surface area contributed by atoms with Gasteiger partial charge in [-0.05, 0) is 25.7 Å². The minimum absolute atomic E-state index is 0.0181. The third-order valence-electron chi connectivity index (χ3n) is 4.29. The number of rotatable bonds is 6. The minimum Gasteiger partial charge on any atom is -0.394 e. The number of aromatic nitrogens is 2. The second-order valence-electron chi connectivity index (χ2n) is 6.21. The zero-order valence-corrected chi connectivity index (χ0v) is 12.9. The van der Waals surface area contributed by atoms with Crippen molar-refractivity contribution in [2.45, 2.75) is 51.6 Å². The number of urea groups is 1. The molecule has 0 aliphatic heterocycles. The number of aliphatic hydroxyl groups is 1. The summed E-state index contributed by atoms with van der Waals surface area (Å²) >= 11 is 0. The predicted octanol–water partition coefficient (Wildman–Crippen LogP) is 1.43. The third kappa shape index (κ3) is 4.20. The Bertz CT molecular complexity index is 466. The average molecular weight is 294 g/mol. The fraction of sp³-hybridized carbons (Fsp3) is 0.733. The first-order valence-electron chi connectivity index (χ1n) is 7.69. The smallest absolute Gasteiger partial charge is 0.315 e. The third-order valence-corrected chi connectivity index (χ3v) is 4.29. The highest BCUT2D eigenvalue weighted by Crippen LogP contribution is 2.28. The van der Waals surface area contributed by atoms with Crippen molar-refractivity contribution < 1.29 is 9.90 Å². The normalized spacial score (nSPS) is 18.4. The van der Waals surface area contributed by atoms with E-state index < -0.39 is 5.54 Å². The molecule has 0 saturated heterocycles. The maximum Gasteiger partial charge on any atom is 0.315 e. The predicted molar refractivity (Wildman–Crippen MR) is 80.9 cm³/mol. The maximum absolute atomic E-state index is 12.0. The summed E-state index contributed by atoms with van der Waals surface area (Å²) in [5.41, 5.74) is -0.408. The average Bonchev–Trinajstić information content (AvgIpc) is 3.07. The number of nitrogens with one attached hydrogen (secondary N) is 2. The quantitative estimate of drug-likeness (QED) is 0.742. The summed E-state index contributed by atoms with van der Waals surface area (Å²) in [4.78, 5) is 16.2. The van der Waals surface area contributed by atoms with E-state index in [0.29, 0.717) is 12.5 Å². The first kappa shape index (κ1) is 15.8. The Hall–Kier alpha value is -1.56. The van der Waals surface area contributed by atoms with E-state index in [4.69, 9.17) is 0 Å². The number of nitrogens with zero attached hydrogens (tertiary/aromatic N) is 2. The van der Waals surface area contributed by atoms with Gasteiger partial charge in [-0.3, -0.25) is 0 Å². The first-order valence-corrected chi connectivity index (χ1v) is 7.69. The number of carbonyl (C=O) groups excluding carboxylic acids is 1. The SMILES string of the molecule is Cc1nccn1CC(C)CNC(=O)NC1(CO)CCCC1. The molecule has 3 N–H and O–H groups in total. The molecule has 1 aromatic heterocycles. The lowest BCUT2D eigenvalue weighted by molar-refractivity contribution is 0.162. The van der Waals surface area contributed by atoms with Crippen LogP contribution in [0.2, 0.25) is 0 Å². The van der Waals surface area contributed by atoms with Gasteiger partial charge in [0.15, 0.2) is 0 Å². The van der Waals surface area contributed by atoms with Gasteiger partial charge < -0.3 is 20.3 Å². The van der Waals surface area contributed by atoms with Crippen LogP contribution < -0.4 is 10.6 Å². The molecule has 21 heavy (non-hydrogen) atoms. The van der Waals surface area contributed by atoms with Crippen LogP contribution in [0.1, 0.15) is 38.4 Å². The lowest BCUT2D eigenvalue weighted by atomic mass is 9.99. The maximum atomic E-state index is 12.0. The summed E-state index contributed by atoms with van der Waals surface area (Å²) in [6.45, 7) is 5.52. The van der Waals surface area contributed by atoms with Crippen LogP contribution in [0.15, 0.2) is 12.4 Å². The minimum atomic E-state index is -0.408. The Labute approximate surface area is 125 Å². The molecule has 1 aliphatic rings. The molecular formula is C15H26N4O2. The van der Waals surface area contributed by atoms with E-state index in [1.54, 1.807) is 6.20 Å². The molecule has 1 aliphatic carbocycles. The molecule has 0 aromatic carbocycles. The van der Waals surface area contributed by atoms with Crippen LogP contribution in [0.5, 0.6) is 0 Å². The summed E-state index contributed by atoms with van der Waals surface area (Å²) in [7, 11) is 0. The molecule has 6 nitrogen and oxygen atoms in total. The van der Waals surface area contributed by atoms with Crippen molar-refractivity contribution in [3.8, 4) is 0 Å². The van der Waals surface area contributed by atoms with Gasteiger partial charge >= 0.3 is 6.03 Å². The molecule has 1 unspecified atom stereocenters. The van der Waals surface area contributed by atoms with Crippen LogP contribution in [-0.4, -0.2) is 39.4 Å². The first-order chi connectivity index (χ1) is 10.0. The van der Waals surface area contributed by atoms with Crippen LogP contribution in [0.4, 0.5) is 4.79 Å². The number of aryl methyl sites for hydroxylation is 1. The van der Waals surface area contributed by atoms with Crippen molar-refractivity contribution in [1.29, 1.82) is 0 Å². The van der Waals surface area contributed by atoms with Crippen LogP contribution >= 0.6 is 0 Å². The van der Waals surface area contributed by atoms with E-state index >= 15 is 0 Å². The van der Waals surface area contributed by atoms with Crippen LogP contribution in [0.25, 0.3) is 0 Å². The highest BCUT2D eigenvalue weighted by molar-refractivity contribution is 5.74.